The van der Waals surface area contributed by atoms with Crippen molar-refractivity contribution in [3.63, 3.8) is 0 Å². The lowest BCUT2D eigenvalue weighted by molar-refractivity contribution is -0.307. The van der Waals surface area contributed by atoms with E-state index in [4.69, 9.17) is 9.47 Å². The Morgan fingerprint density at radius 2 is 1.83 bits per heavy atom. The van der Waals surface area contributed by atoms with E-state index in [1.54, 1.807) is 48.5 Å². The third-order valence-electron chi connectivity index (χ3n) is 3.09. The number of aliphatic carboxylic acids is 1. The molecule has 124 valence electrons. The van der Waals surface area contributed by atoms with Gasteiger partial charge in [-0.2, -0.15) is 0 Å². The van der Waals surface area contributed by atoms with E-state index in [2.05, 4.69) is 15.9 Å². The number of hydrogen-bond donors (Lipinski definition) is 0. The van der Waals surface area contributed by atoms with E-state index in [0.717, 1.165) is 10.0 Å². The fourth-order valence-corrected chi connectivity index (χ4v) is 2.19. The van der Waals surface area contributed by atoms with E-state index < -0.39 is 12.6 Å². The van der Waals surface area contributed by atoms with Crippen molar-refractivity contribution in [1.29, 1.82) is 0 Å². The maximum Gasteiger partial charge on any atom is 0.185 e. The van der Waals surface area contributed by atoms with Crippen LogP contribution >= 0.6 is 15.9 Å². The Bertz CT molecular complexity index is 765. The highest BCUT2D eigenvalue weighted by atomic mass is 79.9. The predicted octanol–water partition coefficient (Wildman–Crippen LogP) is 2.48. The van der Waals surface area contributed by atoms with E-state index in [1.807, 2.05) is 0 Å². The molecule has 6 heteroatoms. The fraction of sp³-hybridized carbons (Fsp3) is 0.111. The highest BCUT2D eigenvalue weighted by Crippen LogP contribution is 2.28. The van der Waals surface area contributed by atoms with Gasteiger partial charge in [0.15, 0.2) is 17.3 Å². The first-order valence-corrected chi connectivity index (χ1v) is 7.77. The van der Waals surface area contributed by atoms with Gasteiger partial charge in [-0.3, -0.25) is 4.79 Å². The maximum atomic E-state index is 12.1. The molecule has 0 N–H and O–H groups in total. The Kier molecular flexibility index (Phi) is 6.14. The van der Waals surface area contributed by atoms with Crippen LogP contribution in [0.1, 0.15) is 15.9 Å². The van der Waals surface area contributed by atoms with E-state index in [1.165, 1.54) is 13.2 Å². The van der Waals surface area contributed by atoms with Gasteiger partial charge in [0.05, 0.1) is 13.1 Å². The van der Waals surface area contributed by atoms with Gasteiger partial charge in [0.2, 0.25) is 0 Å². The van der Waals surface area contributed by atoms with Crippen molar-refractivity contribution in [3.05, 3.63) is 64.1 Å². The SMILES string of the molecule is COc1cc(/C=C/C(=O)c2ccc(Br)cc2)ccc1OCC(=O)[O-]. The Morgan fingerprint density at radius 1 is 1.12 bits per heavy atom. The predicted molar refractivity (Wildman–Crippen MR) is 91.0 cm³/mol. The van der Waals surface area contributed by atoms with E-state index >= 15 is 0 Å². The monoisotopic (exact) mass is 389 g/mol. The topological polar surface area (TPSA) is 75.7 Å². The summed E-state index contributed by atoms with van der Waals surface area (Å²) >= 11 is 3.32. The minimum Gasteiger partial charge on any atom is -0.546 e. The molecule has 0 heterocycles. The Labute approximate surface area is 147 Å². The van der Waals surface area contributed by atoms with Gasteiger partial charge in [-0.1, -0.05) is 28.1 Å². The van der Waals surface area contributed by atoms with Crippen molar-refractivity contribution < 1.29 is 24.2 Å². The van der Waals surface area contributed by atoms with Gasteiger partial charge in [-0.05, 0) is 48.0 Å². The van der Waals surface area contributed by atoms with Crippen molar-refractivity contribution in [2.24, 2.45) is 0 Å². The maximum absolute atomic E-state index is 12.1. The average molecular weight is 390 g/mol. The summed E-state index contributed by atoms with van der Waals surface area (Å²) < 4.78 is 11.1. The standard InChI is InChI=1S/C18H15BrO5/c1-23-17-10-12(3-9-16(17)24-11-18(21)22)2-8-15(20)13-4-6-14(19)7-5-13/h2-10H,11H2,1H3,(H,21,22)/p-1/b8-2+. The summed E-state index contributed by atoms with van der Waals surface area (Å²) in [7, 11) is 1.45. The summed E-state index contributed by atoms with van der Waals surface area (Å²) in [5.41, 5.74) is 1.30. The molecule has 0 fully saturated rings. The fourth-order valence-electron chi connectivity index (χ4n) is 1.93. The van der Waals surface area contributed by atoms with Gasteiger partial charge >= 0.3 is 0 Å². The van der Waals surface area contributed by atoms with Crippen LogP contribution < -0.4 is 14.6 Å². The van der Waals surface area contributed by atoms with Crippen LogP contribution in [0.3, 0.4) is 0 Å². The zero-order valence-electron chi connectivity index (χ0n) is 12.8. The minimum atomic E-state index is -1.32. The number of rotatable bonds is 7. The van der Waals surface area contributed by atoms with Gasteiger partial charge in [-0.15, -0.1) is 0 Å². The molecule has 0 unspecified atom stereocenters. The Balaban J connectivity index is 2.12. The minimum absolute atomic E-state index is 0.126. The Hall–Kier alpha value is -2.60. The number of carboxylic acids is 1. The molecule has 2 aromatic carbocycles. The molecule has 2 rings (SSSR count). The molecule has 0 aromatic heterocycles. The number of methoxy groups -OCH3 is 1. The second-order valence-electron chi connectivity index (χ2n) is 4.78. The third-order valence-corrected chi connectivity index (χ3v) is 3.62. The van der Waals surface area contributed by atoms with Crippen molar-refractivity contribution in [2.75, 3.05) is 13.7 Å². The van der Waals surface area contributed by atoms with Crippen LogP contribution in [0.15, 0.2) is 53.0 Å². The van der Waals surface area contributed by atoms with Crippen LogP contribution in [-0.2, 0) is 4.79 Å². The first-order chi connectivity index (χ1) is 11.5. The number of benzene rings is 2. The lowest BCUT2D eigenvalue weighted by atomic mass is 10.1. The average Bonchev–Trinajstić information content (AvgIpc) is 2.58. The van der Waals surface area contributed by atoms with Crippen molar-refractivity contribution in [1.82, 2.24) is 0 Å². The molecule has 0 aliphatic rings. The zero-order valence-corrected chi connectivity index (χ0v) is 14.4. The zero-order chi connectivity index (χ0) is 17.5. The Morgan fingerprint density at radius 3 is 2.46 bits per heavy atom. The molecule has 0 aliphatic carbocycles. The van der Waals surface area contributed by atoms with Crippen LogP contribution in [0.4, 0.5) is 0 Å². The number of carboxylic acid groups (broad SMARTS) is 1. The van der Waals surface area contributed by atoms with Gasteiger partial charge in [0.1, 0.15) is 6.61 Å². The molecular formula is C18H14BrO5-. The molecule has 5 nitrogen and oxygen atoms in total. The summed E-state index contributed by atoms with van der Waals surface area (Å²) in [5.74, 6) is -0.785. The summed E-state index contributed by atoms with van der Waals surface area (Å²) in [5, 5.41) is 10.4. The molecular weight excluding hydrogens is 376 g/mol. The van der Waals surface area contributed by atoms with Crippen LogP contribution in [0.5, 0.6) is 11.5 Å². The number of ether oxygens (including phenoxy) is 2. The van der Waals surface area contributed by atoms with Crippen molar-refractivity contribution in [3.8, 4) is 11.5 Å². The number of allylic oxidation sites excluding steroid dienone is 1. The lowest BCUT2D eigenvalue weighted by Gasteiger charge is -2.11. The molecule has 0 aliphatic heterocycles. The molecule has 0 saturated heterocycles. The third kappa shape index (κ3) is 4.96. The quantitative estimate of drug-likeness (QED) is 0.537. The smallest absolute Gasteiger partial charge is 0.185 e. The van der Waals surface area contributed by atoms with Gasteiger partial charge in [0, 0.05) is 10.0 Å². The van der Waals surface area contributed by atoms with E-state index in [9.17, 15) is 14.7 Å². The molecule has 0 atom stereocenters. The molecule has 2 aromatic rings. The molecule has 0 bridgehead atoms. The largest absolute Gasteiger partial charge is 0.546 e. The van der Waals surface area contributed by atoms with Crippen molar-refractivity contribution in [2.45, 2.75) is 0 Å². The molecule has 0 saturated carbocycles. The number of halogens is 1. The first kappa shape index (κ1) is 17.7. The van der Waals surface area contributed by atoms with E-state index in [0.29, 0.717) is 11.3 Å². The molecule has 0 amide bonds. The highest BCUT2D eigenvalue weighted by Gasteiger charge is 2.06. The van der Waals surface area contributed by atoms with Crippen molar-refractivity contribution >= 4 is 33.8 Å². The van der Waals surface area contributed by atoms with Gasteiger partial charge < -0.3 is 19.4 Å². The highest BCUT2D eigenvalue weighted by molar-refractivity contribution is 9.10. The normalized spacial score (nSPS) is 10.6. The summed E-state index contributed by atoms with van der Waals surface area (Å²) in [6, 6.07) is 12.0. The van der Waals surface area contributed by atoms with Gasteiger partial charge in [-0.25, -0.2) is 0 Å². The van der Waals surface area contributed by atoms with E-state index in [-0.39, 0.29) is 11.5 Å². The first-order valence-electron chi connectivity index (χ1n) is 6.98. The number of carbonyl (C=O) groups is 2. The number of carbonyl (C=O) groups excluding carboxylic acids is 2. The van der Waals surface area contributed by atoms with Crippen LogP contribution in [0.2, 0.25) is 0 Å². The summed E-state index contributed by atoms with van der Waals surface area (Å²) in [6.45, 7) is -0.562. The number of ketones is 1. The molecule has 24 heavy (non-hydrogen) atoms. The van der Waals surface area contributed by atoms with Crippen LogP contribution in [-0.4, -0.2) is 25.5 Å². The lowest BCUT2D eigenvalue weighted by Crippen LogP contribution is -2.29. The summed E-state index contributed by atoms with van der Waals surface area (Å²) in [4.78, 5) is 22.5. The van der Waals surface area contributed by atoms with Crippen LogP contribution in [0, 0.1) is 0 Å². The number of hydrogen-bond acceptors (Lipinski definition) is 5. The van der Waals surface area contributed by atoms with Gasteiger partial charge in [0.25, 0.3) is 0 Å². The van der Waals surface area contributed by atoms with Crippen LogP contribution in [0.25, 0.3) is 6.08 Å². The summed E-state index contributed by atoms with van der Waals surface area (Å²) in [6.07, 6.45) is 3.11. The molecule has 0 radical (unpaired) electrons. The second kappa shape index (κ2) is 8.31. The molecule has 0 spiro atoms. The second-order valence-corrected chi connectivity index (χ2v) is 5.69.